The van der Waals surface area contributed by atoms with Gasteiger partial charge in [0.25, 0.3) is 5.95 Å². The van der Waals surface area contributed by atoms with Crippen LogP contribution in [0.25, 0.3) is 5.95 Å². The van der Waals surface area contributed by atoms with Crippen molar-refractivity contribution in [3.63, 3.8) is 0 Å². The van der Waals surface area contributed by atoms with E-state index < -0.39 is 11.6 Å². The maximum atomic E-state index is 13.6. The lowest BCUT2D eigenvalue weighted by Gasteiger charge is -2.07. The van der Waals surface area contributed by atoms with Crippen LogP contribution in [0.1, 0.15) is 0 Å². The summed E-state index contributed by atoms with van der Waals surface area (Å²) in [6.07, 6.45) is 2.67. The third-order valence-corrected chi connectivity index (χ3v) is 2.57. The topological polar surface area (TPSA) is 81.4 Å². The lowest BCUT2D eigenvalue weighted by Crippen LogP contribution is -2.07. The molecule has 0 atom stereocenters. The van der Waals surface area contributed by atoms with Gasteiger partial charge in [0.2, 0.25) is 11.2 Å². The molecule has 21 heavy (non-hydrogen) atoms. The molecule has 2 aromatic heterocycles. The Morgan fingerprint density at radius 3 is 2.71 bits per heavy atom. The molecule has 3 aromatic rings. The summed E-state index contributed by atoms with van der Waals surface area (Å²) in [5, 5.41) is 6.33. The van der Waals surface area contributed by atoms with Crippen molar-refractivity contribution in [3.05, 3.63) is 47.8 Å². The van der Waals surface area contributed by atoms with E-state index in [2.05, 4.69) is 30.4 Å². The van der Waals surface area contributed by atoms with Crippen molar-refractivity contribution in [2.45, 2.75) is 0 Å². The summed E-state index contributed by atoms with van der Waals surface area (Å²) in [6, 6.07) is 3.06. The first-order chi connectivity index (χ1) is 10.1. The molecule has 10 heteroatoms. The maximum Gasteiger partial charge on any atom is 0.258 e. The minimum absolute atomic E-state index is 0.00297. The summed E-state index contributed by atoms with van der Waals surface area (Å²) in [6.45, 7) is 0. The normalized spacial score (nSPS) is 10.6. The number of aromatic nitrogens is 6. The molecule has 0 fully saturated rings. The number of halogens is 3. The Morgan fingerprint density at radius 1 is 1.14 bits per heavy atom. The highest BCUT2D eigenvalue weighted by molar-refractivity contribution is 6.28. The largest absolute Gasteiger partial charge is 0.321 e. The molecule has 0 saturated heterocycles. The zero-order chi connectivity index (χ0) is 14.8. The summed E-state index contributed by atoms with van der Waals surface area (Å²) < 4.78 is 27.7. The van der Waals surface area contributed by atoms with Crippen molar-refractivity contribution in [1.29, 1.82) is 0 Å². The highest BCUT2D eigenvalue weighted by atomic mass is 35.5. The summed E-state index contributed by atoms with van der Waals surface area (Å²) in [7, 11) is 0. The Bertz CT molecular complexity index is 778. The van der Waals surface area contributed by atoms with Crippen molar-refractivity contribution < 1.29 is 8.78 Å². The number of anilines is 2. The van der Waals surface area contributed by atoms with Gasteiger partial charge in [-0.25, -0.2) is 13.8 Å². The van der Waals surface area contributed by atoms with Gasteiger partial charge in [0.1, 0.15) is 24.3 Å². The second kappa shape index (κ2) is 5.37. The molecule has 1 N–H and O–H groups in total. The Balaban J connectivity index is 1.95. The molecule has 0 aliphatic rings. The van der Waals surface area contributed by atoms with Gasteiger partial charge < -0.3 is 5.32 Å². The van der Waals surface area contributed by atoms with Crippen molar-refractivity contribution >= 4 is 23.2 Å². The third-order valence-electron chi connectivity index (χ3n) is 2.40. The number of hydrogen-bond acceptors (Lipinski definition) is 6. The SMILES string of the molecule is Fc1ccc(Nc2nc(Cl)nc(-n3cncn3)n2)c(F)c1. The minimum atomic E-state index is -0.783. The third kappa shape index (κ3) is 2.92. The van der Waals surface area contributed by atoms with Gasteiger partial charge in [-0.3, -0.25) is 0 Å². The van der Waals surface area contributed by atoms with E-state index in [0.717, 1.165) is 12.1 Å². The zero-order valence-electron chi connectivity index (χ0n) is 10.2. The highest BCUT2D eigenvalue weighted by Gasteiger charge is 2.10. The molecule has 0 amide bonds. The van der Waals surface area contributed by atoms with Crippen LogP contribution in [-0.2, 0) is 0 Å². The van der Waals surface area contributed by atoms with Crippen LogP contribution < -0.4 is 5.32 Å². The molecule has 0 spiro atoms. The van der Waals surface area contributed by atoms with Crippen molar-refractivity contribution in [3.8, 4) is 5.95 Å². The van der Waals surface area contributed by atoms with Crippen LogP contribution in [0.5, 0.6) is 0 Å². The average molecular weight is 310 g/mol. The Morgan fingerprint density at radius 2 is 2.00 bits per heavy atom. The van der Waals surface area contributed by atoms with Gasteiger partial charge in [-0.1, -0.05) is 0 Å². The summed E-state index contributed by atoms with van der Waals surface area (Å²) in [4.78, 5) is 15.4. The summed E-state index contributed by atoms with van der Waals surface area (Å²) in [5.74, 6) is -1.37. The fourth-order valence-electron chi connectivity index (χ4n) is 1.52. The Kier molecular flexibility index (Phi) is 3.40. The Labute approximate surface area is 121 Å². The second-order valence-corrected chi connectivity index (χ2v) is 4.16. The Hall–Kier alpha value is -2.68. The molecule has 2 heterocycles. The molecule has 0 saturated carbocycles. The molecule has 0 aliphatic heterocycles. The van der Waals surface area contributed by atoms with E-state index in [1.807, 2.05) is 0 Å². The molecule has 0 unspecified atom stereocenters. The standard InChI is InChI=1S/C11H6ClF2N7/c12-9-18-10(17-8-2-1-6(13)3-7(8)14)20-11(19-9)21-5-15-4-16-21/h1-5H,(H,17,18,19,20). The van der Waals surface area contributed by atoms with E-state index in [1.54, 1.807) is 0 Å². The maximum absolute atomic E-state index is 13.6. The van der Waals surface area contributed by atoms with E-state index in [9.17, 15) is 8.78 Å². The average Bonchev–Trinajstić information content (AvgIpc) is 2.95. The van der Waals surface area contributed by atoms with Crippen LogP contribution in [0.2, 0.25) is 5.28 Å². The molecule has 0 aliphatic carbocycles. The number of nitrogens with zero attached hydrogens (tertiary/aromatic N) is 6. The summed E-state index contributed by atoms with van der Waals surface area (Å²) in [5.41, 5.74) is 0.00297. The number of rotatable bonds is 3. The lowest BCUT2D eigenvalue weighted by atomic mass is 10.3. The van der Waals surface area contributed by atoms with Gasteiger partial charge in [-0.2, -0.15) is 24.7 Å². The van der Waals surface area contributed by atoms with Gasteiger partial charge in [0, 0.05) is 6.07 Å². The monoisotopic (exact) mass is 309 g/mol. The smallest absolute Gasteiger partial charge is 0.258 e. The van der Waals surface area contributed by atoms with E-state index in [4.69, 9.17) is 11.6 Å². The van der Waals surface area contributed by atoms with Crippen LogP contribution in [0.3, 0.4) is 0 Å². The number of hydrogen-bond donors (Lipinski definition) is 1. The molecular weight excluding hydrogens is 304 g/mol. The minimum Gasteiger partial charge on any atom is -0.321 e. The van der Waals surface area contributed by atoms with Crippen LogP contribution in [-0.4, -0.2) is 29.7 Å². The van der Waals surface area contributed by atoms with Gasteiger partial charge in [-0.05, 0) is 23.7 Å². The van der Waals surface area contributed by atoms with E-state index in [1.165, 1.54) is 23.4 Å². The van der Waals surface area contributed by atoms with E-state index >= 15 is 0 Å². The quantitative estimate of drug-likeness (QED) is 0.798. The molecule has 7 nitrogen and oxygen atoms in total. The fourth-order valence-corrected chi connectivity index (χ4v) is 1.68. The van der Waals surface area contributed by atoms with Crippen LogP contribution in [0.4, 0.5) is 20.4 Å². The fraction of sp³-hybridized carbons (Fsp3) is 0. The van der Waals surface area contributed by atoms with Crippen LogP contribution >= 0.6 is 11.6 Å². The molecule has 1 aromatic carbocycles. The molecule has 0 bridgehead atoms. The predicted molar refractivity (Wildman–Crippen MR) is 69.4 cm³/mol. The summed E-state index contributed by atoms with van der Waals surface area (Å²) >= 11 is 5.78. The van der Waals surface area contributed by atoms with Gasteiger partial charge in [0.15, 0.2) is 0 Å². The van der Waals surface area contributed by atoms with Crippen molar-refractivity contribution in [1.82, 2.24) is 29.7 Å². The predicted octanol–water partition coefficient (Wildman–Crippen LogP) is 2.13. The lowest BCUT2D eigenvalue weighted by molar-refractivity contribution is 0.586. The first kappa shape index (κ1) is 13.3. The first-order valence-electron chi connectivity index (χ1n) is 5.60. The second-order valence-electron chi connectivity index (χ2n) is 3.82. The van der Waals surface area contributed by atoms with E-state index in [0.29, 0.717) is 0 Å². The first-order valence-corrected chi connectivity index (χ1v) is 5.98. The van der Waals surface area contributed by atoms with Gasteiger partial charge >= 0.3 is 0 Å². The highest BCUT2D eigenvalue weighted by Crippen LogP contribution is 2.19. The van der Waals surface area contributed by atoms with Crippen molar-refractivity contribution in [2.75, 3.05) is 5.32 Å². The molecular formula is C11H6ClF2N7. The van der Waals surface area contributed by atoms with Gasteiger partial charge in [-0.15, -0.1) is 0 Å². The van der Waals surface area contributed by atoms with Crippen LogP contribution in [0, 0.1) is 11.6 Å². The molecule has 106 valence electrons. The number of benzene rings is 1. The molecule has 0 radical (unpaired) electrons. The van der Waals surface area contributed by atoms with Crippen LogP contribution in [0.15, 0.2) is 30.9 Å². The van der Waals surface area contributed by atoms with Crippen molar-refractivity contribution in [2.24, 2.45) is 0 Å². The van der Waals surface area contributed by atoms with E-state index in [-0.39, 0.29) is 22.9 Å². The molecule has 3 rings (SSSR count). The zero-order valence-corrected chi connectivity index (χ0v) is 11.0. The van der Waals surface area contributed by atoms with Gasteiger partial charge in [0.05, 0.1) is 5.69 Å². The number of nitrogens with one attached hydrogen (secondary N) is 1.